The molecule has 0 spiro atoms. The van der Waals surface area contributed by atoms with E-state index in [0.29, 0.717) is 0 Å². The molecule has 6 heteroatoms. The molecule has 0 fully saturated rings. The standard InChI is InChI=1S/C9H10Cl2O4/c1-13-7-4(10)8(14-2)6(12)9(15-3)5(7)11/h12H,1-3H3. The second-order valence-electron chi connectivity index (χ2n) is 2.58. The minimum atomic E-state index is -0.254. The lowest BCUT2D eigenvalue weighted by molar-refractivity contribution is 0.332. The molecule has 0 aliphatic heterocycles. The van der Waals surface area contributed by atoms with Gasteiger partial charge in [0.25, 0.3) is 0 Å². The average molecular weight is 253 g/mol. The molecule has 0 bridgehead atoms. The van der Waals surface area contributed by atoms with Crippen molar-refractivity contribution < 1.29 is 19.3 Å². The number of phenols is 1. The molecule has 4 nitrogen and oxygen atoms in total. The van der Waals surface area contributed by atoms with Crippen molar-refractivity contribution in [2.75, 3.05) is 21.3 Å². The normalized spacial score (nSPS) is 9.93. The van der Waals surface area contributed by atoms with Crippen molar-refractivity contribution in [2.45, 2.75) is 0 Å². The molecule has 0 radical (unpaired) electrons. The predicted octanol–water partition coefficient (Wildman–Crippen LogP) is 2.72. The fraction of sp³-hybridized carbons (Fsp3) is 0.333. The fourth-order valence-corrected chi connectivity index (χ4v) is 1.89. The van der Waals surface area contributed by atoms with Crippen LogP contribution in [-0.4, -0.2) is 26.4 Å². The van der Waals surface area contributed by atoms with Crippen molar-refractivity contribution in [1.82, 2.24) is 0 Å². The van der Waals surface area contributed by atoms with Crippen LogP contribution in [0.5, 0.6) is 23.0 Å². The third-order valence-electron chi connectivity index (χ3n) is 1.84. The molecule has 1 N–H and O–H groups in total. The van der Waals surface area contributed by atoms with Crippen LogP contribution in [0.2, 0.25) is 10.0 Å². The van der Waals surface area contributed by atoms with E-state index in [1.807, 2.05) is 0 Å². The molecule has 15 heavy (non-hydrogen) atoms. The zero-order valence-electron chi connectivity index (χ0n) is 8.43. The van der Waals surface area contributed by atoms with Gasteiger partial charge in [0.1, 0.15) is 10.0 Å². The van der Waals surface area contributed by atoms with Crippen LogP contribution >= 0.6 is 23.2 Å². The minimum Gasteiger partial charge on any atom is -0.502 e. The summed E-state index contributed by atoms with van der Waals surface area (Å²) in [5.41, 5.74) is 0. The number of hydrogen-bond donors (Lipinski definition) is 1. The molecule has 1 aromatic rings. The van der Waals surface area contributed by atoms with E-state index in [1.165, 1.54) is 21.3 Å². The first-order valence-electron chi connectivity index (χ1n) is 3.94. The first kappa shape index (κ1) is 12.1. The highest BCUT2D eigenvalue weighted by Gasteiger charge is 2.24. The monoisotopic (exact) mass is 252 g/mol. The second kappa shape index (κ2) is 4.68. The largest absolute Gasteiger partial charge is 0.502 e. The van der Waals surface area contributed by atoms with Gasteiger partial charge in [-0.3, -0.25) is 0 Å². The number of rotatable bonds is 3. The van der Waals surface area contributed by atoms with E-state index in [0.717, 1.165) is 0 Å². The summed E-state index contributed by atoms with van der Waals surface area (Å²) < 4.78 is 14.8. The number of halogens is 2. The Hall–Kier alpha value is -1.00. The van der Waals surface area contributed by atoms with Gasteiger partial charge in [0.15, 0.2) is 17.2 Å². The van der Waals surface area contributed by atoms with E-state index in [9.17, 15) is 5.11 Å². The zero-order chi connectivity index (χ0) is 11.6. The molecular formula is C9H10Cl2O4. The van der Waals surface area contributed by atoms with Crippen LogP contribution in [0, 0.1) is 0 Å². The maximum Gasteiger partial charge on any atom is 0.204 e. The number of aromatic hydroxyl groups is 1. The van der Waals surface area contributed by atoms with Crippen molar-refractivity contribution >= 4 is 23.2 Å². The lowest BCUT2D eigenvalue weighted by atomic mass is 10.2. The number of phenolic OH excluding ortho intramolecular Hbond substituents is 1. The van der Waals surface area contributed by atoms with E-state index >= 15 is 0 Å². The highest BCUT2D eigenvalue weighted by molar-refractivity contribution is 6.39. The van der Waals surface area contributed by atoms with Crippen LogP contribution in [0.1, 0.15) is 0 Å². The molecule has 84 valence electrons. The van der Waals surface area contributed by atoms with Crippen molar-refractivity contribution in [3.63, 3.8) is 0 Å². The van der Waals surface area contributed by atoms with Crippen LogP contribution < -0.4 is 14.2 Å². The maximum absolute atomic E-state index is 9.70. The Morgan fingerprint density at radius 3 is 1.40 bits per heavy atom. The van der Waals surface area contributed by atoms with E-state index in [2.05, 4.69) is 0 Å². The Morgan fingerprint density at radius 1 is 0.800 bits per heavy atom. The van der Waals surface area contributed by atoms with E-state index in [-0.39, 0.29) is 33.0 Å². The first-order chi connectivity index (χ1) is 7.08. The van der Waals surface area contributed by atoms with E-state index in [1.54, 1.807) is 0 Å². The lowest BCUT2D eigenvalue weighted by Gasteiger charge is -2.15. The Bertz CT molecular complexity index is 301. The van der Waals surface area contributed by atoms with Gasteiger partial charge in [-0.05, 0) is 0 Å². The molecule has 0 atom stereocenters. The highest BCUT2D eigenvalue weighted by Crippen LogP contribution is 2.52. The van der Waals surface area contributed by atoms with Crippen LogP contribution in [-0.2, 0) is 0 Å². The predicted molar refractivity (Wildman–Crippen MR) is 57.8 cm³/mol. The zero-order valence-corrected chi connectivity index (χ0v) is 9.94. The summed E-state index contributed by atoms with van der Waals surface area (Å²) in [5, 5.41) is 9.90. The van der Waals surface area contributed by atoms with Crippen molar-refractivity contribution in [3.8, 4) is 23.0 Å². The number of ether oxygens (including phenoxy) is 3. The quantitative estimate of drug-likeness (QED) is 0.899. The number of methoxy groups -OCH3 is 3. The Balaban J connectivity index is 3.57. The molecule has 0 aliphatic carbocycles. The fourth-order valence-electron chi connectivity index (χ4n) is 1.17. The van der Waals surface area contributed by atoms with Gasteiger partial charge < -0.3 is 19.3 Å². The Labute approximate surface area is 97.3 Å². The Morgan fingerprint density at radius 2 is 1.13 bits per heavy atom. The van der Waals surface area contributed by atoms with E-state index in [4.69, 9.17) is 37.4 Å². The lowest BCUT2D eigenvalue weighted by Crippen LogP contribution is -1.95. The van der Waals surface area contributed by atoms with Crippen LogP contribution in [0.25, 0.3) is 0 Å². The van der Waals surface area contributed by atoms with Gasteiger partial charge >= 0.3 is 0 Å². The number of hydrogen-bond acceptors (Lipinski definition) is 4. The summed E-state index contributed by atoms with van der Waals surface area (Å²) in [5.74, 6) is 0.0742. The van der Waals surface area contributed by atoms with Crippen LogP contribution in [0.4, 0.5) is 0 Å². The van der Waals surface area contributed by atoms with E-state index < -0.39 is 0 Å². The minimum absolute atomic E-state index is 0.0646. The summed E-state index contributed by atoms with van der Waals surface area (Å²) >= 11 is 11.8. The molecule has 0 heterocycles. The van der Waals surface area contributed by atoms with Crippen molar-refractivity contribution in [1.29, 1.82) is 0 Å². The van der Waals surface area contributed by atoms with Gasteiger partial charge in [-0.2, -0.15) is 0 Å². The molecule has 0 saturated carbocycles. The molecule has 0 saturated heterocycles. The van der Waals surface area contributed by atoms with Crippen LogP contribution in [0.15, 0.2) is 0 Å². The SMILES string of the molecule is COc1c(O)c(OC)c(Cl)c(OC)c1Cl. The van der Waals surface area contributed by atoms with Gasteiger partial charge in [0, 0.05) is 0 Å². The summed E-state index contributed by atoms with van der Waals surface area (Å²) in [4.78, 5) is 0. The number of benzene rings is 1. The third-order valence-corrected chi connectivity index (χ3v) is 2.53. The summed E-state index contributed by atoms with van der Waals surface area (Å²) in [6.07, 6.45) is 0. The maximum atomic E-state index is 9.70. The summed E-state index contributed by atoms with van der Waals surface area (Å²) in [6.45, 7) is 0. The second-order valence-corrected chi connectivity index (χ2v) is 3.33. The third kappa shape index (κ3) is 1.87. The molecule has 1 rings (SSSR count). The highest BCUT2D eigenvalue weighted by atomic mass is 35.5. The van der Waals surface area contributed by atoms with Crippen LogP contribution in [0.3, 0.4) is 0 Å². The van der Waals surface area contributed by atoms with Gasteiger partial charge in [0.05, 0.1) is 21.3 Å². The molecule has 0 amide bonds. The average Bonchev–Trinajstić information content (AvgIpc) is 2.19. The van der Waals surface area contributed by atoms with Gasteiger partial charge in [-0.1, -0.05) is 23.2 Å². The van der Waals surface area contributed by atoms with Crippen molar-refractivity contribution in [2.24, 2.45) is 0 Å². The molecule has 1 aromatic carbocycles. The smallest absolute Gasteiger partial charge is 0.204 e. The summed E-state index contributed by atoms with van der Waals surface area (Å²) in [6, 6.07) is 0. The van der Waals surface area contributed by atoms with Gasteiger partial charge in [-0.15, -0.1) is 0 Å². The topological polar surface area (TPSA) is 47.9 Å². The van der Waals surface area contributed by atoms with Gasteiger partial charge in [-0.25, -0.2) is 0 Å². The molecule has 0 aliphatic rings. The molecule has 0 aromatic heterocycles. The first-order valence-corrected chi connectivity index (χ1v) is 4.69. The molecule has 0 unspecified atom stereocenters. The molecular weight excluding hydrogens is 243 g/mol. The van der Waals surface area contributed by atoms with Gasteiger partial charge in [0.2, 0.25) is 5.75 Å². The van der Waals surface area contributed by atoms with Crippen molar-refractivity contribution in [3.05, 3.63) is 10.0 Å². The summed E-state index contributed by atoms with van der Waals surface area (Å²) in [7, 11) is 4.14. The Kier molecular flexibility index (Phi) is 3.77.